The van der Waals surface area contributed by atoms with Crippen LogP contribution in [0.4, 0.5) is 18.9 Å². The molecule has 2 aromatic carbocycles. The lowest BCUT2D eigenvalue weighted by Crippen LogP contribution is -2.21. The van der Waals surface area contributed by atoms with Gasteiger partial charge in [0.15, 0.2) is 5.75 Å². The number of nitrogens with zero attached hydrogens (tertiary/aromatic N) is 1. The van der Waals surface area contributed by atoms with E-state index < -0.39 is 27.0 Å². The van der Waals surface area contributed by atoms with Gasteiger partial charge in [0.05, 0.1) is 11.2 Å². The molecule has 0 atom stereocenters. The molecule has 5 nitrogen and oxygen atoms in total. The predicted octanol–water partition coefficient (Wildman–Crippen LogP) is 4.70. The monoisotopic (exact) mass is 446 g/mol. The van der Waals surface area contributed by atoms with Crippen LogP contribution in [0.1, 0.15) is 0 Å². The summed E-state index contributed by atoms with van der Waals surface area (Å²) < 4.78 is 69.6. The van der Waals surface area contributed by atoms with E-state index >= 15 is 0 Å². The quantitative estimate of drug-likeness (QED) is 0.630. The Balaban J connectivity index is 2.06. The van der Waals surface area contributed by atoms with Crippen molar-refractivity contribution in [1.29, 1.82) is 0 Å². The standard InChI is InChI=1S/C16H10BrF3N2O3S/c17-10-6-7-15(14(9-10)25-16(18,19)20)26(23,24)22-13-5-1-4-12-11(13)3-2-8-21-12/h1-9,22H. The molecule has 0 bridgehead atoms. The van der Waals surface area contributed by atoms with Gasteiger partial charge in [0.2, 0.25) is 0 Å². The minimum atomic E-state index is -5.03. The average Bonchev–Trinajstić information content (AvgIpc) is 2.53. The number of benzene rings is 2. The zero-order chi connectivity index (χ0) is 18.9. The number of fused-ring (bicyclic) bond motifs is 1. The van der Waals surface area contributed by atoms with E-state index in [1.807, 2.05) is 0 Å². The third kappa shape index (κ3) is 4.07. The van der Waals surface area contributed by atoms with Crippen LogP contribution in [0.5, 0.6) is 5.75 Å². The lowest BCUT2D eigenvalue weighted by Gasteiger charge is -2.15. The summed E-state index contributed by atoms with van der Waals surface area (Å²) in [5.74, 6) is -0.835. The van der Waals surface area contributed by atoms with Gasteiger partial charge < -0.3 is 4.74 Å². The van der Waals surface area contributed by atoms with E-state index in [0.717, 1.165) is 12.1 Å². The number of anilines is 1. The van der Waals surface area contributed by atoms with Crippen molar-refractivity contribution in [2.75, 3.05) is 4.72 Å². The van der Waals surface area contributed by atoms with Gasteiger partial charge in [-0.15, -0.1) is 13.2 Å². The molecule has 0 saturated carbocycles. The van der Waals surface area contributed by atoms with Crippen LogP contribution in [-0.2, 0) is 10.0 Å². The number of sulfonamides is 1. The second-order valence-electron chi connectivity index (χ2n) is 5.12. The Morgan fingerprint density at radius 3 is 2.58 bits per heavy atom. The average molecular weight is 447 g/mol. The van der Waals surface area contributed by atoms with Crippen molar-refractivity contribution >= 4 is 42.5 Å². The number of pyridine rings is 1. The Kier molecular flexibility index (Phi) is 4.80. The molecule has 0 aliphatic carbocycles. The van der Waals surface area contributed by atoms with Gasteiger partial charge in [0.1, 0.15) is 4.90 Å². The van der Waals surface area contributed by atoms with E-state index in [-0.39, 0.29) is 10.2 Å². The second-order valence-corrected chi connectivity index (χ2v) is 7.69. The van der Waals surface area contributed by atoms with Gasteiger partial charge in [0, 0.05) is 16.1 Å². The normalized spacial score (nSPS) is 12.2. The Hall–Kier alpha value is -2.33. The fourth-order valence-electron chi connectivity index (χ4n) is 2.30. The smallest absolute Gasteiger partial charge is 0.404 e. The molecule has 0 spiro atoms. The first-order valence-electron chi connectivity index (χ1n) is 7.07. The second kappa shape index (κ2) is 6.76. The summed E-state index contributed by atoms with van der Waals surface area (Å²) in [6.45, 7) is 0. The molecule has 1 aromatic heterocycles. The zero-order valence-electron chi connectivity index (χ0n) is 12.8. The molecule has 26 heavy (non-hydrogen) atoms. The summed E-state index contributed by atoms with van der Waals surface area (Å²) >= 11 is 3.00. The Morgan fingerprint density at radius 1 is 1.08 bits per heavy atom. The zero-order valence-corrected chi connectivity index (χ0v) is 15.2. The van der Waals surface area contributed by atoms with Crippen LogP contribution in [-0.4, -0.2) is 19.8 Å². The van der Waals surface area contributed by atoms with E-state index in [9.17, 15) is 21.6 Å². The van der Waals surface area contributed by atoms with Gasteiger partial charge >= 0.3 is 6.36 Å². The van der Waals surface area contributed by atoms with Crippen LogP contribution in [0, 0.1) is 0 Å². The number of nitrogens with one attached hydrogen (secondary N) is 1. The van der Waals surface area contributed by atoms with Gasteiger partial charge in [0.25, 0.3) is 10.0 Å². The highest BCUT2D eigenvalue weighted by molar-refractivity contribution is 9.10. The molecule has 0 aliphatic rings. The summed E-state index contributed by atoms with van der Waals surface area (Å²) in [5.41, 5.74) is 0.728. The van der Waals surface area contributed by atoms with Gasteiger partial charge in [-0.3, -0.25) is 9.71 Å². The van der Waals surface area contributed by atoms with Crippen LogP contribution in [0.2, 0.25) is 0 Å². The highest BCUT2D eigenvalue weighted by atomic mass is 79.9. The maximum atomic E-state index is 12.7. The number of hydrogen-bond donors (Lipinski definition) is 1. The topological polar surface area (TPSA) is 68.3 Å². The van der Waals surface area contributed by atoms with Crippen molar-refractivity contribution in [3.63, 3.8) is 0 Å². The van der Waals surface area contributed by atoms with E-state index in [4.69, 9.17) is 0 Å². The highest BCUT2D eigenvalue weighted by Gasteiger charge is 2.34. The minimum absolute atomic E-state index is 0.191. The molecule has 0 fully saturated rings. The summed E-state index contributed by atoms with van der Waals surface area (Å²) in [4.78, 5) is 3.47. The fourth-order valence-corrected chi connectivity index (χ4v) is 3.83. The molecule has 136 valence electrons. The van der Waals surface area contributed by atoms with Gasteiger partial charge in [-0.05, 0) is 42.5 Å². The summed E-state index contributed by atoms with van der Waals surface area (Å²) in [7, 11) is -4.35. The molecule has 3 rings (SSSR count). The largest absolute Gasteiger partial charge is 0.573 e. The number of rotatable bonds is 4. The maximum Gasteiger partial charge on any atom is 0.573 e. The van der Waals surface area contributed by atoms with E-state index in [1.165, 1.54) is 12.1 Å². The number of ether oxygens (including phenoxy) is 1. The van der Waals surface area contributed by atoms with Gasteiger partial charge in [-0.25, -0.2) is 8.42 Å². The Morgan fingerprint density at radius 2 is 1.85 bits per heavy atom. The van der Waals surface area contributed by atoms with Crippen molar-refractivity contribution in [3.8, 4) is 5.75 Å². The van der Waals surface area contributed by atoms with Crippen molar-refractivity contribution in [2.45, 2.75) is 11.3 Å². The Labute approximate surface area is 155 Å². The number of alkyl halides is 3. The first-order chi connectivity index (χ1) is 12.2. The fraction of sp³-hybridized carbons (Fsp3) is 0.0625. The van der Waals surface area contributed by atoms with Crippen LogP contribution in [0.3, 0.4) is 0 Å². The van der Waals surface area contributed by atoms with Crippen LogP contribution < -0.4 is 9.46 Å². The maximum absolute atomic E-state index is 12.7. The number of hydrogen-bond acceptors (Lipinski definition) is 4. The summed E-state index contributed by atoms with van der Waals surface area (Å²) in [6, 6.07) is 11.3. The summed E-state index contributed by atoms with van der Waals surface area (Å²) in [6.07, 6.45) is -3.49. The number of halogens is 4. The molecule has 0 saturated heterocycles. The lowest BCUT2D eigenvalue weighted by molar-refractivity contribution is -0.275. The van der Waals surface area contributed by atoms with Crippen LogP contribution in [0.15, 0.2) is 64.1 Å². The van der Waals surface area contributed by atoms with Crippen molar-refractivity contribution < 1.29 is 26.3 Å². The third-order valence-electron chi connectivity index (χ3n) is 3.31. The molecule has 0 aliphatic heterocycles. The third-order valence-corrected chi connectivity index (χ3v) is 5.21. The van der Waals surface area contributed by atoms with Gasteiger partial charge in [-0.1, -0.05) is 22.0 Å². The van der Waals surface area contributed by atoms with Gasteiger partial charge in [-0.2, -0.15) is 0 Å². The van der Waals surface area contributed by atoms with E-state index in [2.05, 4.69) is 30.4 Å². The first-order valence-corrected chi connectivity index (χ1v) is 9.35. The first kappa shape index (κ1) is 18.5. The van der Waals surface area contributed by atoms with Crippen LogP contribution in [0.25, 0.3) is 10.9 Å². The molecule has 3 aromatic rings. The molecule has 0 unspecified atom stereocenters. The predicted molar refractivity (Wildman–Crippen MR) is 93.4 cm³/mol. The molecule has 10 heteroatoms. The van der Waals surface area contributed by atoms with Crippen LogP contribution >= 0.6 is 15.9 Å². The minimum Gasteiger partial charge on any atom is -0.404 e. The van der Waals surface area contributed by atoms with E-state index in [1.54, 1.807) is 30.5 Å². The van der Waals surface area contributed by atoms with E-state index in [0.29, 0.717) is 10.9 Å². The van der Waals surface area contributed by atoms with Crippen molar-refractivity contribution in [1.82, 2.24) is 4.98 Å². The van der Waals surface area contributed by atoms with Crippen molar-refractivity contribution in [2.24, 2.45) is 0 Å². The molecule has 1 N–H and O–H groups in total. The molecule has 0 amide bonds. The number of aromatic nitrogens is 1. The molecular weight excluding hydrogens is 437 g/mol. The summed E-state index contributed by atoms with van der Waals surface area (Å²) in [5, 5.41) is 0.508. The Bertz CT molecular complexity index is 1070. The molecule has 1 heterocycles. The SMILES string of the molecule is O=S(=O)(Nc1cccc2ncccc12)c1ccc(Br)cc1OC(F)(F)F. The molecular formula is C16H10BrF3N2O3S. The lowest BCUT2D eigenvalue weighted by atomic mass is 10.2. The van der Waals surface area contributed by atoms with Crippen molar-refractivity contribution in [3.05, 3.63) is 59.2 Å². The molecule has 0 radical (unpaired) electrons. The highest BCUT2D eigenvalue weighted by Crippen LogP contribution is 2.34.